The Kier molecular flexibility index (Phi) is 5.94. The average molecular weight is 368 g/mol. The van der Waals surface area contributed by atoms with Crippen LogP contribution in [0.1, 0.15) is 54.0 Å². The number of nitrogens with one attached hydrogen (secondary N) is 1. The first-order valence-electron chi connectivity index (χ1n) is 9.71. The van der Waals surface area contributed by atoms with Crippen molar-refractivity contribution in [3.05, 3.63) is 52.8 Å². The summed E-state index contributed by atoms with van der Waals surface area (Å²) in [5.41, 5.74) is 3.49. The molecule has 1 aromatic carbocycles. The van der Waals surface area contributed by atoms with Crippen LogP contribution in [0.3, 0.4) is 0 Å². The predicted molar refractivity (Wildman–Crippen MR) is 104 cm³/mol. The second kappa shape index (κ2) is 8.37. The highest BCUT2D eigenvalue weighted by atomic mass is 16.2. The lowest BCUT2D eigenvalue weighted by atomic mass is 10.1. The van der Waals surface area contributed by atoms with Crippen LogP contribution in [0.5, 0.6) is 0 Å². The zero-order valence-electron chi connectivity index (χ0n) is 16.4. The zero-order valence-corrected chi connectivity index (χ0v) is 16.4. The quantitative estimate of drug-likeness (QED) is 0.882. The Morgan fingerprint density at radius 2 is 2.00 bits per heavy atom. The molecule has 1 aliphatic heterocycles. The molecule has 6 heteroatoms. The molecule has 1 fully saturated rings. The van der Waals surface area contributed by atoms with Gasteiger partial charge in [0.25, 0.3) is 5.91 Å². The number of H-pyrrole nitrogens is 1. The monoisotopic (exact) mass is 368 g/mol. The Hall–Kier alpha value is -2.63. The molecule has 27 heavy (non-hydrogen) atoms. The summed E-state index contributed by atoms with van der Waals surface area (Å²) in [5, 5.41) is 7.19. The van der Waals surface area contributed by atoms with Crippen LogP contribution in [0.15, 0.2) is 30.3 Å². The minimum atomic E-state index is -0.0868. The second-order valence-electron chi connectivity index (χ2n) is 7.10. The normalized spacial score (nSPS) is 17.9. The number of rotatable bonds is 5. The molecule has 0 aliphatic carbocycles. The number of hydrogen-bond donors (Lipinski definition) is 1. The van der Waals surface area contributed by atoms with E-state index in [1.807, 2.05) is 49.1 Å². The van der Waals surface area contributed by atoms with Gasteiger partial charge in [-0.1, -0.05) is 44.2 Å². The Morgan fingerprint density at radius 3 is 2.63 bits per heavy atom. The van der Waals surface area contributed by atoms with Gasteiger partial charge >= 0.3 is 0 Å². The summed E-state index contributed by atoms with van der Waals surface area (Å²) in [7, 11) is 0. The molecule has 3 rings (SSSR count). The average Bonchev–Trinajstić information content (AvgIpc) is 2.99. The minimum absolute atomic E-state index is 0.00838. The molecule has 1 aromatic heterocycles. The fourth-order valence-electron chi connectivity index (χ4n) is 3.69. The highest BCUT2D eigenvalue weighted by molar-refractivity contribution is 5.94. The van der Waals surface area contributed by atoms with Gasteiger partial charge < -0.3 is 9.80 Å². The first-order valence-corrected chi connectivity index (χ1v) is 9.71. The van der Waals surface area contributed by atoms with Crippen molar-refractivity contribution >= 4 is 11.8 Å². The van der Waals surface area contributed by atoms with Gasteiger partial charge in [0, 0.05) is 43.4 Å². The van der Waals surface area contributed by atoms with Gasteiger partial charge in [0.2, 0.25) is 5.91 Å². The molecule has 2 heterocycles. The minimum Gasteiger partial charge on any atom is -0.335 e. The van der Waals surface area contributed by atoms with Gasteiger partial charge in [0.15, 0.2) is 5.69 Å². The summed E-state index contributed by atoms with van der Waals surface area (Å²) in [4.78, 5) is 29.5. The number of benzene rings is 1. The van der Waals surface area contributed by atoms with Crippen molar-refractivity contribution < 1.29 is 9.59 Å². The predicted octanol–water partition coefficient (Wildman–Crippen LogP) is 2.93. The third kappa shape index (κ3) is 4.04. The van der Waals surface area contributed by atoms with Crippen LogP contribution in [0.2, 0.25) is 0 Å². The van der Waals surface area contributed by atoms with Crippen LogP contribution < -0.4 is 0 Å². The lowest BCUT2D eigenvalue weighted by Gasteiger charge is -2.31. The number of amides is 2. The summed E-state index contributed by atoms with van der Waals surface area (Å²) in [6, 6.07) is 10.0. The fourth-order valence-corrected chi connectivity index (χ4v) is 3.69. The fraction of sp³-hybridized carbons (Fsp3) is 0.476. The maximum absolute atomic E-state index is 13.0. The van der Waals surface area contributed by atoms with Gasteiger partial charge in [0.05, 0.1) is 0 Å². The number of aryl methyl sites for hydroxylation is 1. The van der Waals surface area contributed by atoms with Crippen LogP contribution in [0.4, 0.5) is 0 Å². The van der Waals surface area contributed by atoms with E-state index in [9.17, 15) is 9.59 Å². The van der Waals surface area contributed by atoms with Crippen molar-refractivity contribution in [2.45, 2.75) is 52.6 Å². The molecule has 1 saturated heterocycles. The number of aromatic amines is 1. The molecule has 0 unspecified atom stereocenters. The summed E-state index contributed by atoms with van der Waals surface area (Å²) in [5.74, 6) is 0.0188. The first-order chi connectivity index (χ1) is 13.0. The Morgan fingerprint density at radius 1 is 1.26 bits per heavy atom. The molecular weight excluding hydrogens is 340 g/mol. The highest BCUT2D eigenvalue weighted by Crippen LogP contribution is 2.20. The van der Waals surface area contributed by atoms with E-state index >= 15 is 0 Å². The number of carbonyl (C=O) groups is 2. The van der Waals surface area contributed by atoms with Crippen molar-refractivity contribution in [1.29, 1.82) is 0 Å². The maximum atomic E-state index is 13.0. The lowest BCUT2D eigenvalue weighted by molar-refractivity contribution is -0.133. The van der Waals surface area contributed by atoms with Crippen LogP contribution in [0.25, 0.3) is 0 Å². The summed E-state index contributed by atoms with van der Waals surface area (Å²) in [6.07, 6.45) is 1.97. The number of aromatic nitrogens is 2. The van der Waals surface area contributed by atoms with Gasteiger partial charge in [-0.25, -0.2) is 0 Å². The molecule has 6 nitrogen and oxygen atoms in total. The van der Waals surface area contributed by atoms with Crippen molar-refractivity contribution in [3.63, 3.8) is 0 Å². The topological polar surface area (TPSA) is 69.3 Å². The largest absolute Gasteiger partial charge is 0.335 e. The molecule has 144 valence electrons. The van der Waals surface area contributed by atoms with Gasteiger partial charge in [-0.3, -0.25) is 14.7 Å². The second-order valence-corrected chi connectivity index (χ2v) is 7.10. The molecule has 1 aliphatic rings. The van der Waals surface area contributed by atoms with Gasteiger partial charge in [-0.05, 0) is 25.3 Å². The van der Waals surface area contributed by atoms with E-state index in [1.54, 1.807) is 4.90 Å². The molecule has 1 N–H and O–H groups in total. The molecular formula is C21H28N4O2. The van der Waals surface area contributed by atoms with Gasteiger partial charge in [-0.2, -0.15) is 5.10 Å². The molecule has 0 saturated carbocycles. The van der Waals surface area contributed by atoms with Crippen molar-refractivity contribution in [3.8, 4) is 0 Å². The van der Waals surface area contributed by atoms with Crippen molar-refractivity contribution in [1.82, 2.24) is 20.0 Å². The van der Waals surface area contributed by atoms with E-state index in [1.165, 1.54) is 0 Å². The molecule has 0 radical (unpaired) electrons. The standard InChI is InChI=1S/C21H28N4O2/c1-4-17-14-24(21(27)20-15(3)18(5-2)22-23-20)12-11-19(26)25(17)13-16-9-7-6-8-10-16/h6-10,17H,4-5,11-14H2,1-3H3,(H,22,23)/t17-/m0/s1. The number of hydrogen-bond acceptors (Lipinski definition) is 3. The van der Waals surface area contributed by atoms with Crippen molar-refractivity contribution in [2.75, 3.05) is 13.1 Å². The van der Waals surface area contributed by atoms with E-state index in [0.29, 0.717) is 31.7 Å². The Bertz CT molecular complexity index is 800. The van der Waals surface area contributed by atoms with Crippen LogP contribution in [0, 0.1) is 6.92 Å². The highest BCUT2D eigenvalue weighted by Gasteiger charge is 2.32. The van der Waals surface area contributed by atoms with Gasteiger partial charge in [-0.15, -0.1) is 0 Å². The summed E-state index contributed by atoms with van der Waals surface area (Å²) < 4.78 is 0. The Balaban J connectivity index is 1.79. The van der Waals surface area contributed by atoms with Gasteiger partial charge in [0.1, 0.15) is 0 Å². The lowest BCUT2D eigenvalue weighted by Crippen LogP contribution is -2.44. The smallest absolute Gasteiger partial charge is 0.274 e. The van der Waals surface area contributed by atoms with E-state index in [0.717, 1.165) is 29.7 Å². The zero-order chi connectivity index (χ0) is 19.4. The third-order valence-electron chi connectivity index (χ3n) is 5.41. The number of nitrogens with zero attached hydrogens (tertiary/aromatic N) is 3. The van der Waals surface area contributed by atoms with E-state index in [-0.39, 0.29) is 17.9 Å². The SMILES string of the molecule is CCc1[nH]nc(C(=O)N2CCC(=O)N(Cc3ccccc3)[C@@H](CC)C2)c1C. The van der Waals surface area contributed by atoms with Crippen molar-refractivity contribution in [2.24, 2.45) is 0 Å². The number of carbonyl (C=O) groups excluding carboxylic acids is 2. The van der Waals surface area contributed by atoms with E-state index in [2.05, 4.69) is 17.1 Å². The summed E-state index contributed by atoms with van der Waals surface area (Å²) in [6.45, 7) is 7.60. The van der Waals surface area contributed by atoms with Crippen LogP contribution in [-0.2, 0) is 17.8 Å². The van der Waals surface area contributed by atoms with Crippen LogP contribution in [-0.4, -0.2) is 50.9 Å². The third-order valence-corrected chi connectivity index (χ3v) is 5.41. The van der Waals surface area contributed by atoms with E-state index in [4.69, 9.17) is 0 Å². The van der Waals surface area contributed by atoms with Crippen LogP contribution >= 0.6 is 0 Å². The maximum Gasteiger partial charge on any atom is 0.274 e. The van der Waals surface area contributed by atoms with E-state index < -0.39 is 0 Å². The molecule has 2 amide bonds. The summed E-state index contributed by atoms with van der Waals surface area (Å²) >= 11 is 0. The molecule has 2 aromatic rings. The first kappa shape index (κ1) is 19.1. The molecule has 0 bridgehead atoms. The molecule has 1 atom stereocenters. The molecule has 0 spiro atoms. The Labute approximate surface area is 160 Å².